The number of rotatable bonds is 3. The standard InChI is InChI=1S/C18H16O/c1-19-18-12-11-15(13-14-7-3-2-4-8-14)16-9-5-6-10-17(16)18/h2-12H,13H2,1H3. The highest BCUT2D eigenvalue weighted by Crippen LogP contribution is 2.29. The summed E-state index contributed by atoms with van der Waals surface area (Å²) < 4.78 is 5.43. The van der Waals surface area contributed by atoms with E-state index in [1.54, 1.807) is 7.11 Å². The van der Waals surface area contributed by atoms with Crippen LogP contribution in [0.5, 0.6) is 5.75 Å². The molecule has 0 N–H and O–H groups in total. The van der Waals surface area contributed by atoms with Crippen LogP contribution in [0, 0.1) is 0 Å². The Kier molecular flexibility index (Phi) is 3.20. The van der Waals surface area contributed by atoms with Gasteiger partial charge in [-0.3, -0.25) is 0 Å². The molecule has 0 aromatic heterocycles. The van der Waals surface area contributed by atoms with Crippen LogP contribution in [-0.2, 0) is 6.42 Å². The van der Waals surface area contributed by atoms with Crippen molar-refractivity contribution < 1.29 is 4.74 Å². The first-order valence-corrected chi connectivity index (χ1v) is 6.47. The number of fused-ring (bicyclic) bond motifs is 1. The maximum Gasteiger partial charge on any atom is 0.126 e. The van der Waals surface area contributed by atoms with Crippen LogP contribution in [0.3, 0.4) is 0 Å². The highest BCUT2D eigenvalue weighted by molar-refractivity contribution is 5.91. The van der Waals surface area contributed by atoms with Gasteiger partial charge in [0.05, 0.1) is 7.11 Å². The van der Waals surface area contributed by atoms with E-state index in [9.17, 15) is 0 Å². The molecule has 0 spiro atoms. The van der Waals surface area contributed by atoms with Crippen LogP contribution in [0.15, 0.2) is 66.7 Å². The Balaban J connectivity index is 2.10. The first-order valence-electron chi connectivity index (χ1n) is 6.47. The van der Waals surface area contributed by atoms with Crippen molar-refractivity contribution in [1.82, 2.24) is 0 Å². The number of ether oxygens (including phenoxy) is 1. The monoisotopic (exact) mass is 248 g/mol. The third kappa shape index (κ3) is 2.32. The number of methoxy groups -OCH3 is 1. The minimum atomic E-state index is 0.937. The van der Waals surface area contributed by atoms with Gasteiger partial charge in [-0.25, -0.2) is 0 Å². The molecule has 0 radical (unpaired) electrons. The minimum absolute atomic E-state index is 0.937. The summed E-state index contributed by atoms with van der Waals surface area (Å²) in [5, 5.41) is 2.45. The van der Waals surface area contributed by atoms with Crippen molar-refractivity contribution in [3.05, 3.63) is 77.9 Å². The Labute approximate surface area is 113 Å². The molecule has 0 aliphatic heterocycles. The first-order chi connectivity index (χ1) is 9.38. The SMILES string of the molecule is COc1ccc(Cc2ccccc2)c2ccccc12. The minimum Gasteiger partial charge on any atom is -0.496 e. The Morgan fingerprint density at radius 1 is 0.737 bits per heavy atom. The summed E-state index contributed by atoms with van der Waals surface area (Å²) in [6.45, 7) is 0. The summed E-state index contributed by atoms with van der Waals surface area (Å²) in [6.07, 6.45) is 0.950. The predicted molar refractivity (Wildman–Crippen MR) is 79.7 cm³/mol. The van der Waals surface area contributed by atoms with Gasteiger partial charge in [0.1, 0.15) is 5.75 Å². The van der Waals surface area contributed by atoms with Gasteiger partial charge in [-0.2, -0.15) is 0 Å². The number of hydrogen-bond acceptors (Lipinski definition) is 1. The molecule has 0 bridgehead atoms. The summed E-state index contributed by atoms with van der Waals surface area (Å²) >= 11 is 0. The molecule has 0 aliphatic carbocycles. The summed E-state index contributed by atoms with van der Waals surface area (Å²) in [5.74, 6) is 0.937. The molecule has 0 heterocycles. The second-order valence-corrected chi connectivity index (χ2v) is 4.63. The third-order valence-corrected chi connectivity index (χ3v) is 3.43. The normalized spacial score (nSPS) is 10.6. The molecule has 0 atom stereocenters. The van der Waals surface area contributed by atoms with Crippen molar-refractivity contribution in [2.45, 2.75) is 6.42 Å². The Morgan fingerprint density at radius 2 is 1.42 bits per heavy atom. The van der Waals surface area contributed by atoms with Gasteiger partial charge in [0.2, 0.25) is 0 Å². The molecule has 0 amide bonds. The molecule has 0 aliphatic rings. The molecule has 94 valence electrons. The van der Waals surface area contributed by atoms with E-state index in [0.29, 0.717) is 0 Å². The second kappa shape index (κ2) is 5.15. The van der Waals surface area contributed by atoms with Crippen molar-refractivity contribution in [1.29, 1.82) is 0 Å². The summed E-state index contributed by atoms with van der Waals surface area (Å²) in [7, 11) is 1.72. The Hall–Kier alpha value is -2.28. The fourth-order valence-electron chi connectivity index (χ4n) is 2.48. The molecule has 0 saturated heterocycles. The smallest absolute Gasteiger partial charge is 0.126 e. The first kappa shape index (κ1) is 11.8. The lowest BCUT2D eigenvalue weighted by Gasteiger charge is -2.10. The molecule has 19 heavy (non-hydrogen) atoms. The van der Waals surface area contributed by atoms with Gasteiger partial charge in [-0.1, -0.05) is 60.7 Å². The van der Waals surface area contributed by atoms with E-state index >= 15 is 0 Å². The third-order valence-electron chi connectivity index (χ3n) is 3.43. The van der Waals surface area contributed by atoms with Gasteiger partial charge in [0.15, 0.2) is 0 Å². The van der Waals surface area contributed by atoms with Crippen LogP contribution in [0.4, 0.5) is 0 Å². The topological polar surface area (TPSA) is 9.23 Å². The van der Waals surface area contributed by atoms with Crippen LogP contribution < -0.4 is 4.74 Å². The molecule has 3 aromatic rings. The van der Waals surface area contributed by atoms with E-state index in [1.807, 2.05) is 0 Å². The van der Waals surface area contributed by atoms with Gasteiger partial charge >= 0.3 is 0 Å². The zero-order valence-corrected chi connectivity index (χ0v) is 11.0. The quantitative estimate of drug-likeness (QED) is 0.666. The summed E-state index contributed by atoms with van der Waals surface area (Å²) in [5.41, 5.74) is 2.67. The zero-order chi connectivity index (χ0) is 13.1. The van der Waals surface area contributed by atoms with E-state index in [-0.39, 0.29) is 0 Å². The molecule has 3 rings (SSSR count). The van der Waals surface area contributed by atoms with Gasteiger partial charge in [-0.05, 0) is 29.0 Å². The Bertz CT molecular complexity index is 686. The number of benzene rings is 3. The van der Waals surface area contributed by atoms with E-state index in [1.165, 1.54) is 21.9 Å². The molecular formula is C18H16O. The van der Waals surface area contributed by atoms with Gasteiger partial charge < -0.3 is 4.74 Å². The van der Waals surface area contributed by atoms with Crippen molar-refractivity contribution in [2.24, 2.45) is 0 Å². The van der Waals surface area contributed by atoms with Gasteiger partial charge in [-0.15, -0.1) is 0 Å². The molecule has 0 saturated carbocycles. The van der Waals surface area contributed by atoms with Crippen molar-refractivity contribution >= 4 is 10.8 Å². The molecular weight excluding hydrogens is 232 g/mol. The van der Waals surface area contributed by atoms with E-state index in [4.69, 9.17) is 4.74 Å². The predicted octanol–water partition coefficient (Wildman–Crippen LogP) is 4.44. The van der Waals surface area contributed by atoms with Crippen LogP contribution in [0.1, 0.15) is 11.1 Å². The zero-order valence-electron chi connectivity index (χ0n) is 11.0. The van der Waals surface area contributed by atoms with E-state index in [2.05, 4.69) is 66.7 Å². The fraction of sp³-hybridized carbons (Fsp3) is 0.111. The van der Waals surface area contributed by atoms with Crippen LogP contribution in [0.25, 0.3) is 10.8 Å². The highest BCUT2D eigenvalue weighted by atomic mass is 16.5. The lowest BCUT2D eigenvalue weighted by Crippen LogP contribution is -1.92. The van der Waals surface area contributed by atoms with Crippen LogP contribution in [0.2, 0.25) is 0 Å². The molecule has 0 fully saturated rings. The number of hydrogen-bond donors (Lipinski definition) is 0. The van der Waals surface area contributed by atoms with Crippen LogP contribution in [-0.4, -0.2) is 7.11 Å². The fourth-order valence-corrected chi connectivity index (χ4v) is 2.48. The largest absolute Gasteiger partial charge is 0.496 e. The lowest BCUT2D eigenvalue weighted by atomic mass is 9.98. The second-order valence-electron chi connectivity index (χ2n) is 4.63. The summed E-state index contributed by atoms with van der Waals surface area (Å²) in [6, 6.07) is 23.2. The van der Waals surface area contributed by atoms with Gasteiger partial charge in [0.25, 0.3) is 0 Å². The van der Waals surface area contributed by atoms with Gasteiger partial charge in [0, 0.05) is 5.39 Å². The van der Waals surface area contributed by atoms with Crippen molar-refractivity contribution in [3.63, 3.8) is 0 Å². The molecule has 1 nitrogen and oxygen atoms in total. The Morgan fingerprint density at radius 3 is 2.16 bits per heavy atom. The molecule has 3 aromatic carbocycles. The molecule has 1 heteroatoms. The maximum atomic E-state index is 5.43. The average Bonchev–Trinajstić information content (AvgIpc) is 2.49. The van der Waals surface area contributed by atoms with Crippen molar-refractivity contribution in [3.8, 4) is 5.75 Å². The average molecular weight is 248 g/mol. The van der Waals surface area contributed by atoms with E-state index < -0.39 is 0 Å². The summed E-state index contributed by atoms with van der Waals surface area (Å²) in [4.78, 5) is 0. The van der Waals surface area contributed by atoms with Crippen LogP contribution >= 0.6 is 0 Å². The molecule has 0 unspecified atom stereocenters. The van der Waals surface area contributed by atoms with E-state index in [0.717, 1.165) is 12.2 Å². The maximum absolute atomic E-state index is 5.43. The lowest BCUT2D eigenvalue weighted by molar-refractivity contribution is 0.419. The highest BCUT2D eigenvalue weighted by Gasteiger charge is 2.06. The van der Waals surface area contributed by atoms with Crippen molar-refractivity contribution in [2.75, 3.05) is 7.11 Å².